The Labute approximate surface area is 108 Å². The highest BCUT2D eigenvalue weighted by Gasteiger charge is 2.19. The number of nitriles is 1. The third kappa shape index (κ3) is 1.72. The molecule has 0 fully saturated rings. The number of hydrogen-bond acceptors (Lipinski definition) is 3. The first kappa shape index (κ1) is 10.7. The molecule has 2 aromatic rings. The molecule has 1 aromatic carbocycles. The molecule has 3 nitrogen and oxygen atoms in total. The van der Waals surface area contributed by atoms with Crippen molar-refractivity contribution in [1.29, 1.82) is 5.26 Å². The second kappa shape index (κ2) is 4.10. The van der Waals surface area contributed by atoms with Crippen LogP contribution in [-0.2, 0) is 12.2 Å². The predicted octanol–water partition coefficient (Wildman–Crippen LogP) is 3.20. The zero-order chi connectivity index (χ0) is 11.8. The molecule has 5 heteroatoms. The first-order valence-corrected chi connectivity index (χ1v) is 6.51. The number of fused-ring (bicyclic) bond motifs is 3. The first-order chi connectivity index (χ1) is 8.29. The highest BCUT2D eigenvalue weighted by molar-refractivity contribution is 7.98. The van der Waals surface area contributed by atoms with Crippen LogP contribution >= 0.6 is 23.4 Å². The summed E-state index contributed by atoms with van der Waals surface area (Å²) in [5.74, 6) is 1.66. The van der Waals surface area contributed by atoms with Crippen molar-refractivity contribution in [3.8, 4) is 11.8 Å². The van der Waals surface area contributed by atoms with E-state index in [1.807, 2.05) is 24.4 Å². The van der Waals surface area contributed by atoms with E-state index < -0.39 is 0 Å². The Morgan fingerprint density at radius 3 is 3.24 bits per heavy atom. The van der Waals surface area contributed by atoms with E-state index in [-0.39, 0.29) is 0 Å². The molecule has 0 aliphatic carbocycles. The number of rotatable bonds is 1. The zero-order valence-electron chi connectivity index (χ0n) is 8.85. The Morgan fingerprint density at radius 1 is 1.53 bits per heavy atom. The van der Waals surface area contributed by atoms with Crippen molar-refractivity contribution in [2.75, 3.05) is 0 Å². The lowest BCUT2D eigenvalue weighted by atomic mass is 10.3. The molecule has 3 rings (SSSR count). The van der Waals surface area contributed by atoms with Gasteiger partial charge in [-0.25, -0.2) is 4.98 Å². The quantitative estimate of drug-likeness (QED) is 0.792. The van der Waals surface area contributed by atoms with Crippen LogP contribution in [0.3, 0.4) is 0 Å². The SMILES string of the molecule is N#CCc1ncc2n1-c1ccc(Cl)cc1SC2. The Bertz CT molecular complexity index is 627. The topological polar surface area (TPSA) is 41.6 Å². The smallest absolute Gasteiger partial charge is 0.127 e. The average molecular weight is 262 g/mol. The molecular weight excluding hydrogens is 254 g/mol. The first-order valence-electron chi connectivity index (χ1n) is 5.15. The lowest BCUT2D eigenvalue weighted by Crippen LogP contribution is -2.09. The van der Waals surface area contributed by atoms with E-state index in [1.54, 1.807) is 11.8 Å². The molecular formula is C12H8ClN3S. The molecule has 0 atom stereocenters. The predicted molar refractivity (Wildman–Crippen MR) is 67.5 cm³/mol. The summed E-state index contributed by atoms with van der Waals surface area (Å²) in [7, 11) is 0. The Kier molecular flexibility index (Phi) is 2.58. The molecule has 2 heterocycles. The van der Waals surface area contributed by atoms with Gasteiger partial charge in [0, 0.05) is 21.9 Å². The second-order valence-electron chi connectivity index (χ2n) is 3.74. The zero-order valence-corrected chi connectivity index (χ0v) is 10.4. The Balaban J connectivity index is 2.21. The minimum absolute atomic E-state index is 0.326. The van der Waals surface area contributed by atoms with Gasteiger partial charge in [-0.3, -0.25) is 4.57 Å². The number of hydrogen-bond donors (Lipinski definition) is 0. The van der Waals surface area contributed by atoms with Gasteiger partial charge in [0.05, 0.1) is 23.9 Å². The molecule has 17 heavy (non-hydrogen) atoms. The van der Waals surface area contributed by atoms with Crippen molar-refractivity contribution in [1.82, 2.24) is 9.55 Å². The maximum Gasteiger partial charge on any atom is 0.127 e. The van der Waals surface area contributed by atoms with Crippen LogP contribution in [0.15, 0.2) is 29.3 Å². The molecule has 0 amide bonds. The molecule has 0 saturated heterocycles. The van der Waals surface area contributed by atoms with Crippen LogP contribution in [0.4, 0.5) is 0 Å². The van der Waals surface area contributed by atoms with E-state index >= 15 is 0 Å². The fourth-order valence-electron chi connectivity index (χ4n) is 1.96. The largest absolute Gasteiger partial charge is 0.298 e. The van der Waals surface area contributed by atoms with Gasteiger partial charge in [0.1, 0.15) is 5.82 Å². The summed E-state index contributed by atoms with van der Waals surface area (Å²) in [5.41, 5.74) is 2.21. The molecule has 0 unspecified atom stereocenters. The molecule has 1 aromatic heterocycles. The van der Waals surface area contributed by atoms with E-state index in [4.69, 9.17) is 16.9 Å². The van der Waals surface area contributed by atoms with Crippen molar-refractivity contribution in [2.24, 2.45) is 0 Å². The number of aromatic nitrogens is 2. The fraction of sp³-hybridized carbons (Fsp3) is 0.167. The molecule has 0 spiro atoms. The van der Waals surface area contributed by atoms with Crippen LogP contribution in [-0.4, -0.2) is 9.55 Å². The number of nitrogens with zero attached hydrogens (tertiary/aromatic N) is 3. The van der Waals surface area contributed by atoms with Crippen LogP contribution in [0.5, 0.6) is 0 Å². The van der Waals surface area contributed by atoms with Crippen LogP contribution in [0.2, 0.25) is 5.02 Å². The third-order valence-electron chi connectivity index (χ3n) is 2.68. The van der Waals surface area contributed by atoms with Gasteiger partial charge in [-0.2, -0.15) is 5.26 Å². The van der Waals surface area contributed by atoms with E-state index in [9.17, 15) is 0 Å². The van der Waals surface area contributed by atoms with Crippen molar-refractivity contribution in [3.63, 3.8) is 0 Å². The van der Waals surface area contributed by atoms with Crippen molar-refractivity contribution in [3.05, 3.63) is 40.9 Å². The van der Waals surface area contributed by atoms with Gasteiger partial charge in [-0.05, 0) is 18.2 Å². The number of halogens is 1. The molecule has 0 radical (unpaired) electrons. The normalized spacial score (nSPS) is 12.7. The lowest BCUT2D eigenvalue weighted by molar-refractivity contribution is 0.876. The van der Waals surface area contributed by atoms with Gasteiger partial charge in [-0.15, -0.1) is 11.8 Å². The molecule has 1 aliphatic heterocycles. The minimum Gasteiger partial charge on any atom is -0.298 e. The van der Waals surface area contributed by atoms with Crippen molar-refractivity contribution < 1.29 is 0 Å². The second-order valence-corrected chi connectivity index (χ2v) is 5.19. The van der Waals surface area contributed by atoms with Gasteiger partial charge in [-0.1, -0.05) is 11.6 Å². The highest BCUT2D eigenvalue weighted by Crippen LogP contribution is 2.37. The summed E-state index contributed by atoms with van der Waals surface area (Å²) in [6.07, 6.45) is 2.17. The summed E-state index contributed by atoms with van der Waals surface area (Å²) < 4.78 is 2.06. The highest BCUT2D eigenvalue weighted by atomic mass is 35.5. The number of imidazole rings is 1. The van der Waals surface area contributed by atoms with Gasteiger partial charge in [0.25, 0.3) is 0 Å². The molecule has 0 saturated carbocycles. The van der Waals surface area contributed by atoms with E-state index in [2.05, 4.69) is 15.6 Å². The third-order valence-corrected chi connectivity index (χ3v) is 4.00. The summed E-state index contributed by atoms with van der Waals surface area (Å²) in [5, 5.41) is 9.54. The Morgan fingerprint density at radius 2 is 2.41 bits per heavy atom. The standard InChI is InChI=1S/C12H8ClN3S/c13-8-1-2-10-11(5-8)17-7-9-6-15-12(3-4-14)16(9)10/h1-2,5-6H,3,7H2. The summed E-state index contributed by atoms with van der Waals surface area (Å²) in [6.45, 7) is 0. The molecule has 84 valence electrons. The summed E-state index contributed by atoms with van der Waals surface area (Å²) in [4.78, 5) is 5.44. The summed E-state index contributed by atoms with van der Waals surface area (Å²) >= 11 is 7.74. The maximum atomic E-state index is 8.80. The van der Waals surface area contributed by atoms with Crippen molar-refractivity contribution in [2.45, 2.75) is 17.1 Å². The van der Waals surface area contributed by atoms with E-state index in [1.165, 1.54) is 0 Å². The molecule has 0 bridgehead atoms. The van der Waals surface area contributed by atoms with Gasteiger partial charge < -0.3 is 0 Å². The average Bonchev–Trinajstić information content (AvgIpc) is 2.73. The van der Waals surface area contributed by atoms with Crippen LogP contribution in [0.25, 0.3) is 5.69 Å². The number of benzene rings is 1. The lowest BCUT2D eigenvalue weighted by Gasteiger charge is -2.19. The van der Waals surface area contributed by atoms with Gasteiger partial charge >= 0.3 is 0 Å². The minimum atomic E-state index is 0.326. The van der Waals surface area contributed by atoms with Crippen molar-refractivity contribution >= 4 is 23.4 Å². The van der Waals surface area contributed by atoms with E-state index in [0.29, 0.717) is 6.42 Å². The van der Waals surface area contributed by atoms with Crippen LogP contribution in [0, 0.1) is 11.3 Å². The van der Waals surface area contributed by atoms with Gasteiger partial charge in [0.15, 0.2) is 0 Å². The van der Waals surface area contributed by atoms with Crippen LogP contribution in [0.1, 0.15) is 11.5 Å². The van der Waals surface area contributed by atoms with Crippen LogP contribution < -0.4 is 0 Å². The monoisotopic (exact) mass is 261 g/mol. The molecule has 0 N–H and O–H groups in total. The number of thioether (sulfide) groups is 1. The maximum absolute atomic E-state index is 8.80. The van der Waals surface area contributed by atoms with Gasteiger partial charge in [0.2, 0.25) is 0 Å². The summed E-state index contributed by atoms with van der Waals surface area (Å²) in [6, 6.07) is 7.95. The van der Waals surface area contributed by atoms with E-state index in [0.717, 1.165) is 32.9 Å². The fourth-order valence-corrected chi connectivity index (χ4v) is 3.22. The molecule has 1 aliphatic rings. The Hall–Kier alpha value is -1.44.